The van der Waals surface area contributed by atoms with Gasteiger partial charge in [0, 0.05) is 51.0 Å². The number of ether oxygens (including phenoxy) is 3. The Morgan fingerprint density at radius 1 is 0.903 bits per heavy atom. The van der Waals surface area contributed by atoms with Crippen LogP contribution < -0.4 is 19.1 Å². The average molecular weight is 424 g/mol. The van der Waals surface area contributed by atoms with Crippen LogP contribution in [0.4, 0.5) is 5.69 Å². The molecule has 0 spiro atoms. The summed E-state index contributed by atoms with van der Waals surface area (Å²) in [6.45, 7) is 9.04. The van der Waals surface area contributed by atoms with Gasteiger partial charge in [0.15, 0.2) is 11.5 Å². The van der Waals surface area contributed by atoms with Crippen LogP contribution in [-0.2, 0) is 6.54 Å². The monoisotopic (exact) mass is 423 g/mol. The molecule has 6 nitrogen and oxygen atoms in total. The van der Waals surface area contributed by atoms with Crippen molar-refractivity contribution in [3.8, 4) is 17.2 Å². The molecule has 2 aromatic carbocycles. The number of fused-ring (bicyclic) bond motifs is 1. The maximum atomic E-state index is 5.77. The highest BCUT2D eigenvalue weighted by Gasteiger charge is 2.28. The Morgan fingerprint density at radius 3 is 2.45 bits per heavy atom. The van der Waals surface area contributed by atoms with E-state index in [0.29, 0.717) is 19.3 Å². The van der Waals surface area contributed by atoms with Gasteiger partial charge >= 0.3 is 0 Å². The maximum Gasteiger partial charge on any atom is 0.161 e. The molecule has 31 heavy (non-hydrogen) atoms. The van der Waals surface area contributed by atoms with Crippen LogP contribution in [0.5, 0.6) is 17.2 Å². The lowest BCUT2D eigenvalue weighted by molar-refractivity contribution is 0.0886. The van der Waals surface area contributed by atoms with Gasteiger partial charge in [-0.05, 0) is 61.3 Å². The van der Waals surface area contributed by atoms with Gasteiger partial charge in [0.25, 0.3) is 0 Å². The van der Waals surface area contributed by atoms with Crippen molar-refractivity contribution in [2.75, 3.05) is 64.5 Å². The first-order chi connectivity index (χ1) is 15.3. The van der Waals surface area contributed by atoms with E-state index in [-0.39, 0.29) is 0 Å². The second-order valence-electron chi connectivity index (χ2n) is 8.73. The number of likely N-dealkylation sites (tertiary alicyclic amines) is 1. The molecule has 0 radical (unpaired) electrons. The molecule has 6 heteroatoms. The molecule has 0 aromatic heterocycles. The molecule has 166 valence electrons. The predicted octanol–water partition coefficient (Wildman–Crippen LogP) is 3.25. The molecule has 0 N–H and O–H groups in total. The highest BCUT2D eigenvalue weighted by Crippen LogP contribution is 2.31. The Bertz CT molecular complexity index is 865. The first kappa shape index (κ1) is 20.5. The van der Waals surface area contributed by atoms with Crippen LogP contribution >= 0.6 is 0 Å². The Morgan fingerprint density at radius 2 is 1.68 bits per heavy atom. The van der Waals surface area contributed by atoms with Crippen LogP contribution in [0.3, 0.4) is 0 Å². The largest absolute Gasteiger partial charge is 0.497 e. The van der Waals surface area contributed by atoms with Crippen LogP contribution in [0, 0.1) is 0 Å². The number of piperidine rings is 1. The van der Waals surface area contributed by atoms with E-state index >= 15 is 0 Å². The summed E-state index contributed by atoms with van der Waals surface area (Å²) in [5, 5.41) is 0. The fourth-order valence-electron chi connectivity index (χ4n) is 5.06. The standard InChI is InChI=1S/C25H33N3O3/c1-29-23-7-5-21(6-8-23)27-11-13-28(14-12-27)22-3-2-10-26(19-22)18-20-4-9-24-25(17-20)31-16-15-30-24/h4-9,17,22H,2-3,10-16,18-19H2,1H3/t22-/m0/s1. The van der Waals surface area contributed by atoms with Crippen LogP contribution in [0.15, 0.2) is 42.5 Å². The van der Waals surface area contributed by atoms with E-state index in [0.717, 1.165) is 56.5 Å². The van der Waals surface area contributed by atoms with Gasteiger partial charge in [-0.3, -0.25) is 9.80 Å². The highest BCUT2D eigenvalue weighted by atomic mass is 16.6. The number of hydrogen-bond donors (Lipinski definition) is 0. The van der Waals surface area contributed by atoms with Crippen molar-refractivity contribution in [3.63, 3.8) is 0 Å². The molecule has 0 bridgehead atoms. The minimum absolute atomic E-state index is 0.644. The molecular weight excluding hydrogens is 390 g/mol. The summed E-state index contributed by atoms with van der Waals surface area (Å²) in [5.74, 6) is 2.69. The SMILES string of the molecule is COc1ccc(N2CCN([C@H]3CCCN(Cc4ccc5c(c4)OCCO5)C3)CC2)cc1. The fourth-order valence-corrected chi connectivity index (χ4v) is 5.06. The number of anilines is 1. The van der Waals surface area contributed by atoms with Crippen molar-refractivity contribution in [2.45, 2.75) is 25.4 Å². The summed E-state index contributed by atoms with van der Waals surface area (Å²) in [5.41, 5.74) is 2.61. The van der Waals surface area contributed by atoms with Crippen LogP contribution in [0.1, 0.15) is 18.4 Å². The third kappa shape index (κ3) is 4.75. The second kappa shape index (κ2) is 9.37. The van der Waals surface area contributed by atoms with Crippen molar-refractivity contribution < 1.29 is 14.2 Å². The molecule has 2 fully saturated rings. The zero-order chi connectivity index (χ0) is 21.0. The smallest absolute Gasteiger partial charge is 0.161 e. The summed E-state index contributed by atoms with van der Waals surface area (Å²) < 4.78 is 16.7. The molecule has 0 unspecified atom stereocenters. The predicted molar refractivity (Wildman–Crippen MR) is 123 cm³/mol. The molecule has 2 aromatic rings. The molecule has 1 atom stereocenters. The maximum absolute atomic E-state index is 5.77. The average Bonchev–Trinajstić information content (AvgIpc) is 2.84. The number of methoxy groups -OCH3 is 1. The third-order valence-electron chi connectivity index (χ3n) is 6.76. The first-order valence-electron chi connectivity index (χ1n) is 11.5. The van der Waals surface area contributed by atoms with E-state index < -0.39 is 0 Å². The quantitative estimate of drug-likeness (QED) is 0.735. The number of piperazine rings is 1. The van der Waals surface area contributed by atoms with E-state index in [4.69, 9.17) is 14.2 Å². The number of rotatable bonds is 5. The van der Waals surface area contributed by atoms with Gasteiger partial charge in [0.2, 0.25) is 0 Å². The van der Waals surface area contributed by atoms with Gasteiger partial charge in [0.1, 0.15) is 19.0 Å². The van der Waals surface area contributed by atoms with E-state index in [1.54, 1.807) is 7.11 Å². The molecule has 0 amide bonds. The van der Waals surface area contributed by atoms with Gasteiger partial charge in [-0.15, -0.1) is 0 Å². The number of nitrogens with zero attached hydrogens (tertiary/aromatic N) is 3. The molecule has 0 saturated carbocycles. The van der Waals surface area contributed by atoms with Gasteiger partial charge in [-0.2, -0.15) is 0 Å². The third-order valence-corrected chi connectivity index (χ3v) is 6.76. The molecule has 3 heterocycles. The Balaban J connectivity index is 1.15. The summed E-state index contributed by atoms with van der Waals surface area (Å²) >= 11 is 0. The van der Waals surface area contributed by atoms with Crippen LogP contribution in [-0.4, -0.2) is 75.4 Å². The molecule has 2 saturated heterocycles. The normalized spacial score (nSPS) is 22.4. The van der Waals surface area contributed by atoms with Gasteiger partial charge in [-0.1, -0.05) is 6.07 Å². The van der Waals surface area contributed by atoms with Crippen molar-refractivity contribution in [1.29, 1.82) is 0 Å². The lowest BCUT2D eigenvalue weighted by Crippen LogP contribution is -2.55. The van der Waals surface area contributed by atoms with Gasteiger partial charge < -0.3 is 19.1 Å². The topological polar surface area (TPSA) is 37.4 Å². The Hall–Kier alpha value is -2.44. The van der Waals surface area contributed by atoms with Crippen molar-refractivity contribution in [2.24, 2.45) is 0 Å². The van der Waals surface area contributed by atoms with Crippen LogP contribution in [0.25, 0.3) is 0 Å². The van der Waals surface area contributed by atoms with E-state index in [9.17, 15) is 0 Å². The summed E-state index contributed by atoms with van der Waals surface area (Å²) in [6, 6.07) is 15.5. The Labute approximate surface area is 185 Å². The Kier molecular flexibility index (Phi) is 6.18. The van der Waals surface area contributed by atoms with Gasteiger partial charge in [0.05, 0.1) is 7.11 Å². The zero-order valence-corrected chi connectivity index (χ0v) is 18.5. The van der Waals surface area contributed by atoms with Crippen molar-refractivity contribution >= 4 is 5.69 Å². The number of hydrogen-bond acceptors (Lipinski definition) is 6. The van der Waals surface area contributed by atoms with Gasteiger partial charge in [-0.25, -0.2) is 0 Å². The summed E-state index contributed by atoms with van der Waals surface area (Å²) in [4.78, 5) is 7.80. The fraction of sp³-hybridized carbons (Fsp3) is 0.520. The molecule has 3 aliphatic rings. The van der Waals surface area contributed by atoms with Crippen LogP contribution in [0.2, 0.25) is 0 Å². The lowest BCUT2D eigenvalue weighted by Gasteiger charge is -2.44. The summed E-state index contributed by atoms with van der Waals surface area (Å²) in [7, 11) is 1.72. The highest BCUT2D eigenvalue weighted by molar-refractivity contribution is 5.49. The molecule has 5 rings (SSSR count). The number of benzene rings is 2. The minimum Gasteiger partial charge on any atom is -0.497 e. The summed E-state index contributed by atoms with van der Waals surface area (Å²) in [6.07, 6.45) is 2.58. The molecular formula is C25H33N3O3. The second-order valence-corrected chi connectivity index (χ2v) is 8.73. The van der Waals surface area contributed by atoms with E-state index in [1.165, 1.54) is 30.6 Å². The minimum atomic E-state index is 0.644. The van der Waals surface area contributed by atoms with Crippen molar-refractivity contribution in [3.05, 3.63) is 48.0 Å². The van der Waals surface area contributed by atoms with E-state index in [2.05, 4.69) is 57.2 Å². The van der Waals surface area contributed by atoms with E-state index in [1.807, 2.05) is 0 Å². The first-order valence-corrected chi connectivity index (χ1v) is 11.5. The molecule has 3 aliphatic heterocycles. The molecule has 0 aliphatic carbocycles. The zero-order valence-electron chi connectivity index (χ0n) is 18.5. The van der Waals surface area contributed by atoms with Crippen molar-refractivity contribution in [1.82, 2.24) is 9.80 Å². The lowest BCUT2D eigenvalue weighted by atomic mass is 10.0.